The molecule has 3 unspecified atom stereocenters. The molecule has 3 N–H and O–H groups in total. The minimum atomic E-state index is -1.21. The van der Waals surface area contributed by atoms with Gasteiger partial charge in [0, 0.05) is 6.42 Å². The van der Waals surface area contributed by atoms with Crippen LogP contribution in [0.1, 0.15) is 27.2 Å². The third-order valence-electron chi connectivity index (χ3n) is 2.90. The molecule has 3 heteroatoms. The Kier molecular flexibility index (Phi) is 2.54. The normalized spacial score (nSPS) is 45.6. The molecule has 13 heavy (non-hydrogen) atoms. The van der Waals surface area contributed by atoms with Gasteiger partial charge in [-0.2, -0.15) is 0 Å². The molecule has 3 nitrogen and oxygen atoms in total. The van der Waals surface area contributed by atoms with E-state index in [4.69, 9.17) is 0 Å². The van der Waals surface area contributed by atoms with Crippen molar-refractivity contribution in [2.45, 2.75) is 44.5 Å². The van der Waals surface area contributed by atoms with Crippen LogP contribution in [0.3, 0.4) is 0 Å². The molecule has 3 atom stereocenters. The largest absolute Gasteiger partial charge is 0.390 e. The summed E-state index contributed by atoms with van der Waals surface area (Å²) in [7, 11) is 0. The van der Waals surface area contributed by atoms with Gasteiger partial charge in [-0.25, -0.2) is 0 Å². The summed E-state index contributed by atoms with van der Waals surface area (Å²) in [5.41, 5.74) is -2.19. The van der Waals surface area contributed by atoms with Crippen molar-refractivity contribution in [2.75, 3.05) is 0 Å². The van der Waals surface area contributed by atoms with Gasteiger partial charge in [0.1, 0.15) is 5.60 Å². The minimum absolute atomic E-state index is 0.0366. The van der Waals surface area contributed by atoms with Gasteiger partial charge in [0.25, 0.3) is 0 Å². The highest BCUT2D eigenvalue weighted by molar-refractivity contribution is 5.17. The van der Waals surface area contributed by atoms with Crippen LogP contribution in [0, 0.1) is 5.92 Å². The second-order valence-electron chi connectivity index (χ2n) is 4.43. The Bertz CT molecular complexity index is 220. The lowest BCUT2D eigenvalue weighted by Gasteiger charge is -2.40. The quantitative estimate of drug-likeness (QED) is 0.521. The summed E-state index contributed by atoms with van der Waals surface area (Å²) in [5.74, 6) is 0.0366. The van der Waals surface area contributed by atoms with Crippen molar-refractivity contribution < 1.29 is 15.3 Å². The predicted molar refractivity (Wildman–Crippen MR) is 50.2 cm³/mol. The van der Waals surface area contributed by atoms with E-state index in [9.17, 15) is 15.3 Å². The van der Waals surface area contributed by atoms with E-state index < -0.39 is 17.3 Å². The van der Waals surface area contributed by atoms with E-state index in [2.05, 4.69) is 0 Å². The topological polar surface area (TPSA) is 60.7 Å². The zero-order valence-corrected chi connectivity index (χ0v) is 8.36. The van der Waals surface area contributed by atoms with Crippen LogP contribution in [0.5, 0.6) is 0 Å². The average molecular weight is 186 g/mol. The zero-order chi connectivity index (χ0) is 10.3. The van der Waals surface area contributed by atoms with Crippen molar-refractivity contribution in [3.63, 3.8) is 0 Å². The number of aliphatic hydroxyl groups is 3. The van der Waals surface area contributed by atoms with Gasteiger partial charge in [-0.15, -0.1) is 0 Å². The summed E-state index contributed by atoms with van der Waals surface area (Å²) in [4.78, 5) is 0. The molecule has 0 radical (unpaired) electrons. The van der Waals surface area contributed by atoms with Gasteiger partial charge in [0.05, 0.1) is 11.7 Å². The van der Waals surface area contributed by atoms with Crippen LogP contribution in [0.2, 0.25) is 0 Å². The summed E-state index contributed by atoms with van der Waals surface area (Å²) in [6.07, 6.45) is 2.35. The molecule has 0 saturated carbocycles. The molecule has 1 aliphatic carbocycles. The molecular formula is C10H18O3. The van der Waals surface area contributed by atoms with Gasteiger partial charge >= 0.3 is 0 Å². The smallest absolute Gasteiger partial charge is 0.106 e. The molecule has 0 heterocycles. The maximum Gasteiger partial charge on any atom is 0.106 e. The van der Waals surface area contributed by atoms with Crippen LogP contribution < -0.4 is 0 Å². The SMILES string of the molecule is CC(C)C1(O)C=CC(C)(O)C(O)C1. The second-order valence-corrected chi connectivity index (χ2v) is 4.43. The predicted octanol–water partition coefficient (Wildman–Crippen LogP) is 0.445. The summed E-state index contributed by atoms with van der Waals surface area (Å²) in [6, 6.07) is 0. The fraction of sp³-hybridized carbons (Fsp3) is 0.800. The molecule has 0 bridgehead atoms. The van der Waals surface area contributed by atoms with Gasteiger partial charge in [0.2, 0.25) is 0 Å². The van der Waals surface area contributed by atoms with Crippen molar-refractivity contribution in [1.82, 2.24) is 0 Å². The first kappa shape index (κ1) is 10.7. The van der Waals surface area contributed by atoms with E-state index in [1.807, 2.05) is 13.8 Å². The Morgan fingerprint density at radius 2 is 1.85 bits per heavy atom. The van der Waals surface area contributed by atoms with Crippen LogP contribution >= 0.6 is 0 Å². The van der Waals surface area contributed by atoms with Crippen molar-refractivity contribution in [3.8, 4) is 0 Å². The van der Waals surface area contributed by atoms with Crippen LogP contribution in [0.15, 0.2) is 12.2 Å². The molecule has 0 aromatic heterocycles. The summed E-state index contributed by atoms with van der Waals surface area (Å²) in [6.45, 7) is 5.31. The van der Waals surface area contributed by atoms with Crippen LogP contribution in [-0.4, -0.2) is 32.6 Å². The Balaban J connectivity index is 2.90. The third kappa shape index (κ3) is 1.93. The van der Waals surface area contributed by atoms with Crippen LogP contribution in [0.4, 0.5) is 0 Å². The Hall–Kier alpha value is -0.380. The maximum absolute atomic E-state index is 9.99. The molecule has 0 spiro atoms. The van der Waals surface area contributed by atoms with Crippen molar-refractivity contribution in [2.24, 2.45) is 5.92 Å². The van der Waals surface area contributed by atoms with E-state index in [1.54, 1.807) is 6.08 Å². The maximum atomic E-state index is 9.99. The minimum Gasteiger partial charge on any atom is -0.390 e. The van der Waals surface area contributed by atoms with E-state index in [0.29, 0.717) is 0 Å². The molecule has 0 aromatic rings. The molecule has 76 valence electrons. The Morgan fingerprint density at radius 3 is 2.23 bits per heavy atom. The summed E-state index contributed by atoms with van der Waals surface area (Å²) < 4.78 is 0. The third-order valence-corrected chi connectivity index (χ3v) is 2.90. The molecule has 0 aromatic carbocycles. The Morgan fingerprint density at radius 1 is 1.31 bits per heavy atom. The monoisotopic (exact) mass is 186 g/mol. The fourth-order valence-corrected chi connectivity index (χ4v) is 1.44. The molecule has 0 saturated heterocycles. The van der Waals surface area contributed by atoms with E-state index >= 15 is 0 Å². The van der Waals surface area contributed by atoms with Crippen LogP contribution in [-0.2, 0) is 0 Å². The van der Waals surface area contributed by atoms with Crippen molar-refractivity contribution in [1.29, 1.82) is 0 Å². The second kappa shape index (κ2) is 3.08. The first-order valence-corrected chi connectivity index (χ1v) is 4.61. The first-order valence-electron chi connectivity index (χ1n) is 4.61. The number of rotatable bonds is 1. The number of aliphatic hydroxyl groups excluding tert-OH is 1. The molecule has 0 aliphatic heterocycles. The number of hydrogen-bond acceptors (Lipinski definition) is 3. The summed E-state index contributed by atoms with van der Waals surface area (Å²) in [5, 5.41) is 29.2. The van der Waals surface area contributed by atoms with Crippen molar-refractivity contribution >= 4 is 0 Å². The van der Waals surface area contributed by atoms with Crippen LogP contribution in [0.25, 0.3) is 0 Å². The zero-order valence-electron chi connectivity index (χ0n) is 8.36. The fourth-order valence-electron chi connectivity index (χ4n) is 1.44. The van der Waals surface area contributed by atoms with Crippen molar-refractivity contribution in [3.05, 3.63) is 12.2 Å². The van der Waals surface area contributed by atoms with Gasteiger partial charge in [0.15, 0.2) is 0 Å². The highest BCUT2D eigenvalue weighted by atomic mass is 16.3. The standard InChI is InChI=1S/C10H18O3/c1-7(2)10(13)5-4-9(3,12)8(11)6-10/h4-5,7-8,11-13H,6H2,1-3H3. The first-order chi connectivity index (χ1) is 5.78. The van der Waals surface area contributed by atoms with E-state index in [1.165, 1.54) is 13.0 Å². The lowest BCUT2D eigenvalue weighted by Crippen LogP contribution is -2.49. The van der Waals surface area contributed by atoms with Gasteiger partial charge in [-0.3, -0.25) is 0 Å². The summed E-state index contributed by atoms with van der Waals surface area (Å²) >= 11 is 0. The van der Waals surface area contributed by atoms with Gasteiger partial charge < -0.3 is 15.3 Å². The van der Waals surface area contributed by atoms with Gasteiger partial charge in [-0.05, 0) is 12.8 Å². The molecular weight excluding hydrogens is 168 g/mol. The molecule has 0 fully saturated rings. The Labute approximate surface area is 78.7 Å². The van der Waals surface area contributed by atoms with Gasteiger partial charge in [-0.1, -0.05) is 26.0 Å². The average Bonchev–Trinajstić information content (AvgIpc) is 1.98. The highest BCUT2D eigenvalue weighted by Gasteiger charge is 2.41. The lowest BCUT2D eigenvalue weighted by molar-refractivity contribution is -0.0907. The lowest BCUT2D eigenvalue weighted by atomic mass is 9.75. The molecule has 0 amide bonds. The highest BCUT2D eigenvalue weighted by Crippen LogP contribution is 2.33. The van der Waals surface area contributed by atoms with E-state index in [0.717, 1.165) is 0 Å². The molecule has 1 rings (SSSR count). The van der Waals surface area contributed by atoms with E-state index in [-0.39, 0.29) is 12.3 Å². The number of hydrogen-bond donors (Lipinski definition) is 3. The molecule has 1 aliphatic rings.